The predicted octanol–water partition coefficient (Wildman–Crippen LogP) is 2.36. The number of alkyl halides is 6. The highest BCUT2D eigenvalue weighted by Crippen LogP contribution is 2.41. The van der Waals surface area contributed by atoms with Crippen molar-refractivity contribution in [1.29, 1.82) is 0 Å². The summed E-state index contributed by atoms with van der Waals surface area (Å²) in [5, 5.41) is 8.50. The molecule has 0 saturated heterocycles. The van der Waals surface area contributed by atoms with Crippen LogP contribution in [0, 0.1) is 5.92 Å². The fourth-order valence-corrected chi connectivity index (χ4v) is 1.26. The molecule has 1 unspecified atom stereocenters. The van der Waals surface area contributed by atoms with Gasteiger partial charge in [-0.1, -0.05) is 0 Å². The van der Waals surface area contributed by atoms with E-state index in [9.17, 15) is 31.1 Å². The van der Waals surface area contributed by atoms with Gasteiger partial charge in [-0.15, -0.1) is 0 Å². The molecule has 1 fully saturated rings. The quantitative estimate of drug-likeness (QED) is 0.794. The fourth-order valence-electron chi connectivity index (χ4n) is 1.26. The molecule has 0 aromatic heterocycles. The Kier molecular flexibility index (Phi) is 3.60. The Balaban J connectivity index is 2.81. The van der Waals surface area contributed by atoms with Crippen molar-refractivity contribution in [2.24, 2.45) is 5.92 Å². The lowest BCUT2D eigenvalue weighted by atomic mass is 10.2. The summed E-state index contributed by atoms with van der Waals surface area (Å²) in [6.45, 7) is 0. The van der Waals surface area contributed by atoms with Crippen LogP contribution in [0.2, 0.25) is 0 Å². The van der Waals surface area contributed by atoms with E-state index in [-0.39, 0.29) is 12.8 Å². The van der Waals surface area contributed by atoms with Crippen LogP contribution in [0.3, 0.4) is 0 Å². The van der Waals surface area contributed by atoms with Crippen LogP contribution in [0.25, 0.3) is 0 Å². The Morgan fingerprint density at radius 3 is 1.76 bits per heavy atom. The number of carbonyl (C=O) groups is 1. The zero-order chi connectivity index (χ0) is 13.4. The van der Waals surface area contributed by atoms with E-state index in [1.54, 1.807) is 0 Å². The van der Waals surface area contributed by atoms with E-state index in [1.807, 2.05) is 0 Å². The maximum Gasteiger partial charge on any atom is 0.423 e. The molecule has 0 aromatic rings. The number of hydrogen-bond acceptors (Lipinski definition) is 2. The van der Waals surface area contributed by atoms with Crippen molar-refractivity contribution >= 4 is 5.97 Å². The Bertz CT molecular complexity index is 279. The lowest BCUT2D eigenvalue weighted by Gasteiger charge is -2.26. The van der Waals surface area contributed by atoms with E-state index in [2.05, 4.69) is 4.74 Å². The first-order chi connectivity index (χ1) is 7.53. The van der Waals surface area contributed by atoms with Gasteiger partial charge in [0, 0.05) is 0 Å². The van der Waals surface area contributed by atoms with Gasteiger partial charge in [0.2, 0.25) is 6.10 Å². The molecule has 3 nitrogen and oxygen atoms in total. The molecular formula is C8H8F6O3. The summed E-state index contributed by atoms with van der Waals surface area (Å²) in [5.74, 6) is -2.59. The van der Waals surface area contributed by atoms with Crippen LogP contribution >= 0.6 is 0 Å². The van der Waals surface area contributed by atoms with E-state index in [0.717, 1.165) is 0 Å². The summed E-state index contributed by atoms with van der Waals surface area (Å²) >= 11 is 0. The van der Waals surface area contributed by atoms with Crippen LogP contribution in [0.5, 0.6) is 0 Å². The molecule has 100 valence electrons. The first kappa shape index (κ1) is 14.1. The van der Waals surface area contributed by atoms with E-state index in [1.165, 1.54) is 0 Å². The number of ether oxygens (including phenoxy) is 1. The van der Waals surface area contributed by atoms with Crippen LogP contribution < -0.4 is 0 Å². The molecule has 0 bridgehead atoms. The molecule has 1 rings (SSSR count). The van der Waals surface area contributed by atoms with Gasteiger partial charge in [0.1, 0.15) is 0 Å². The van der Waals surface area contributed by atoms with Gasteiger partial charge in [-0.2, -0.15) is 26.3 Å². The first-order valence-electron chi connectivity index (χ1n) is 4.55. The number of carboxylic acid groups (broad SMARTS) is 1. The largest absolute Gasteiger partial charge is 0.479 e. The predicted molar refractivity (Wildman–Crippen MR) is 41.1 cm³/mol. The van der Waals surface area contributed by atoms with Crippen LogP contribution in [-0.2, 0) is 9.53 Å². The second-order valence-electron chi connectivity index (χ2n) is 3.70. The monoisotopic (exact) mass is 266 g/mol. The molecule has 0 radical (unpaired) electrons. The highest BCUT2D eigenvalue weighted by atomic mass is 19.4. The first-order valence-corrected chi connectivity index (χ1v) is 4.55. The van der Waals surface area contributed by atoms with Crippen molar-refractivity contribution < 1.29 is 41.0 Å². The lowest BCUT2D eigenvalue weighted by molar-refractivity contribution is -0.330. The number of halogens is 6. The Morgan fingerprint density at radius 1 is 1.12 bits per heavy atom. The third-order valence-corrected chi connectivity index (χ3v) is 2.17. The summed E-state index contributed by atoms with van der Waals surface area (Å²) in [6.07, 6.45) is -17.0. The molecule has 0 heterocycles. The molecule has 1 atom stereocenters. The molecule has 0 aromatic carbocycles. The molecule has 0 spiro atoms. The van der Waals surface area contributed by atoms with Gasteiger partial charge in [-0.25, -0.2) is 4.79 Å². The molecule has 1 aliphatic rings. The molecule has 0 amide bonds. The maximum absolute atomic E-state index is 12.1. The van der Waals surface area contributed by atoms with E-state index in [4.69, 9.17) is 5.11 Å². The van der Waals surface area contributed by atoms with Crippen molar-refractivity contribution in [2.45, 2.75) is 37.4 Å². The van der Waals surface area contributed by atoms with E-state index in [0.29, 0.717) is 0 Å². The van der Waals surface area contributed by atoms with Crippen molar-refractivity contribution in [3.8, 4) is 0 Å². The highest BCUT2D eigenvalue weighted by Gasteiger charge is 2.60. The second-order valence-corrected chi connectivity index (χ2v) is 3.70. The van der Waals surface area contributed by atoms with Crippen LogP contribution in [0.4, 0.5) is 26.3 Å². The molecule has 0 aliphatic heterocycles. The average Bonchev–Trinajstić information content (AvgIpc) is 2.82. The molecule has 9 heteroatoms. The number of hydrogen-bond donors (Lipinski definition) is 1. The minimum Gasteiger partial charge on any atom is -0.479 e. The summed E-state index contributed by atoms with van der Waals surface area (Å²) in [4.78, 5) is 10.5. The maximum atomic E-state index is 12.1. The number of aliphatic carboxylic acids is 1. The Hall–Kier alpha value is -0.990. The van der Waals surface area contributed by atoms with Crippen LogP contribution in [0.1, 0.15) is 12.8 Å². The zero-order valence-corrected chi connectivity index (χ0v) is 8.18. The third-order valence-electron chi connectivity index (χ3n) is 2.17. The average molecular weight is 266 g/mol. The summed E-state index contributed by atoms with van der Waals surface area (Å²) < 4.78 is 76.2. The summed E-state index contributed by atoms with van der Waals surface area (Å²) in [5.41, 5.74) is 0. The zero-order valence-electron chi connectivity index (χ0n) is 8.18. The number of rotatable bonds is 4. The second kappa shape index (κ2) is 4.35. The van der Waals surface area contributed by atoms with Crippen molar-refractivity contribution in [3.05, 3.63) is 0 Å². The van der Waals surface area contributed by atoms with E-state index >= 15 is 0 Å². The van der Waals surface area contributed by atoms with Gasteiger partial charge >= 0.3 is 18.3 Å². The summed E-state index contributed by atoms with van der Waals surface area (Å²) in [7, 11) is 0. The van der Waals surface area contributed by atoms with E-state index < -0.39 is 36.4 Å². The number of carboxylic acids is 1. The van der Waals surface area contributed by atoms with Crippen molar-refractivity contribution in [2.75, 3.05) is 0 Å². The summed E-state index contributed by atoms with van der Waals surface area (Å²) in [6, 6.07) is 0. The smallest absolute Gasteiger partial charge is 0.423 e. The van der Waals surface area contributed by atoms with Crippen LogP contribution in [0.15, 0.2) is 0 Å². The molecule has 1 aliphatic carbocycles. The SMILES string of the molecule is O=C(O)C(OC(C(F)(F)F)C(F)(F)F)C1CC1. The van der Waals surface area contributed by atoms with Gasteiger partial charge in [-0.3, -0.25) is 0 Å². The van der Waals surface area contributed by atoms with Gasteiger partial charge in [0.25, 0.3) is 0 Å². The fraction of sp³-hybridized carbons (Fsp3) is 0.875. The lowest BCUT2D eigenvalue weighted by Crippen LogP contribution is -2.48. The Labute approximate surface area is 91.4 Å². The normalized spacial score (nSPS) is 19.5. The standard InChI is InChI=1S/C8H8F6O3/c9-7(10,11)6(8(12,13)14)17-4(5(15)16)3-1-2-3/h3-4,6H,1-2H2,(H,15,16). The minimum atomic E-state index is -5.68. The third kappa shape index (κ3) is 3.76. The van der Waals surface area contributed by atoms with Crippen molar-refractivity contribution in [1.82, 2.24) is 0 Å². The van der Waals surface area contributed by atoms with Gasteiger partial charge < -0.3 is 9.84 Å². The van der Waals surface area contributed by atoms with Gasteiger partial charge in [-0.05, 0) is 18.8 Å². The molecule has 1 saturated carbocycles. The Morgan fingerprint density at radius 2 is 1.53 bits per heavy atom. The highest BCUT2D eigenvalue weighted by molar-refractivity contribution is 5.73. The molecular weight excluding hydrogens is 258 g/mol. The molecule has 17 heavy (non-hydrogen) atoms. The van der Waals surface area contributed by atoms with Crippen molar-refractivity contribution in [3.63, 3.8) is 0 Å². The minimum absolute atomic E-state index is 0.249. The topological polar surface area (TPSA) is 46.5 Å². The van der Waals surface area contributed by atoms with Crippen LogP contribution in [-0.4, -0.2) is 35.6 Å². The molecule has 1 N–H and O–H groups in total. The van der Waals surface area contributed by atoms with Gasteiger partial charge in [0.15, 0.2) is 6.10 Å². The van der Waals surface area contributed by atoms with Gasteiger partial charge in [0.05, 0.1) is 0 Å².